The van der Waals surface area contributed by atoms with Crippen molar-refractivity contribution in [2.24, 2.45) is 0 Å². The van der Waals surface area contributed by atoms with E-state index in [-0.39, 0.29) is 17.2 Å². The van der Waals surface area contributed by atoms with Crippen molar-refractivity contribution in [1.82, 2.24) is 9.97 Å². The number of H-pyrrole nitrogens is 1. The Morgan fingerprint density at radius 2 is 1.81 bits per heavy atom. The van der Waals surface area contributed by atoms with E-state index in [4.69, 9.17) is 0 Å². The van der Waals surface area contributed by atoms with Gasteiger partial charge in [0, 0.05) is 17.3 Å². The number of thioether (sulfide) groups is 1. The van der Waals surface area contributed by atoms with E-state index in [2.05, 4.69) is 29.1 Å². The van der Waals surface area contributed by atoms with Crippen molar-refractivity contribution in [3.63, 3.8) is 0 Å². The Balaban J connectivity index is 1.69. The van der Waals surface area contributed by atoms with Crippen LogP contribution in [0.25, 0.3) is 11.3 Å². The van der Waals surface area contributed by atoms with E-state index in [1.807, 2.05) is 54.6 Å². The minimum absolute atomic E-state index is 0.138. The number of benzene rings is 2. The fourth-order valence-corrected chi connectivity index (χ4v) is 3.37. The van der Waals surface area contributed by atoms with Crippen molar-refractivity contribution in [2.45, 2.75) is 24.9 Å². The maximum absolute atomic E-state index is 12.3. The number of carbonyl (C=O) groups excluding carboxylic acids is 1. The summed E-state index contributed by atoms with van der Waals surface area (Å²) in [6.45, 7) is 4.17. The number of amides is 1. The largest absolute Gasteiger partial charge is 0.325 e. The first-order valence-electron chi connectivity index (χ1n) is 8.71. The third-order valence-corrected chi connectivity index (χ3v) is 4.86. The van der Waals surface area contributed by atoms with Gasteiger partial charge in [-0.1, -0.05) is 74.1 Å². The number of nitrogens with one attached hydrogen (secondary N) is 2. The van der Waals surface area contributed by atoms with Crippen molar-refractivity contribution in [3.05, 3.63) is 76.6 Å². The fraction of sp³-hybridized carbons (Fsp3) is 0.190. The lowest BCUT2D eigenvalue weighted by molar-refractivity contribution is -0.113. The predicted molar refractivity (Wildman–Crippen MR) is 110 cm³/mol. The van der Waals surface area contributed by atoms with Gasteiger partial charge < -0.3 is 10.3 Å². The molecule has 0 bridgehead atoms. The van der Waals surface area contributed by atoms with Crippen LogP contribution in [0, 0.1) is 0 Å². The molecule has 0 saturated heterocycles. The van der Waals surface area contributed by atoms with E-state index < -0.39 is 0 Å². The summed E-state index contributed by atoms with van der Waals surface area (Å²) in [5, 5.41) is 3.37. The van der Waals surface area contributed by atoms with E-state index in [1.165, 1.54) is 17.8 Å². The van der Waals surface area contributed by atoms with Gasteiger partial charge in [0.1, 0.15) is 0 Å². The zero-order valence-electron chi connectivity index (χ0n) is 15.2. The average Bonchev–Trinajstić information content (AvgIpc) is 2.67. The van der Waals surface area contributed by atoms with Gasteiger partial charge in [-0.2, -0.15) is 0 Å². The lowest BCUT2D eigenvalue weighted by atomic mass is 10.0. The standard InChI is InChI=1S/C21H21N3O2S/c1-14(2)16-10-6-7-11-17(16)22-20(26)13-27-21-23-18(12-19(25)24-21)15-8-4-3-5-9-15/h3-12,14H,13H2,1-2H3,(H,22,26)(H,23,24,25). The lowest BCUT2D eigenvalue weighted by Crippen LogP contribution is -2.16. The molecule has 2 aromatic carbocycles. The molecule has 1 heterocycles. The Bertz CT molecular complexity index is 984. The molecule has 0 unspecified atom stereocenters. The van der Waals surface area contributed by atoms with Gasteiger partial charge in [-0.05, 0) is 17.5 Å². The third-order valence-electron chi connectivity index (χ3n) is 3.99. The molecule has 0 atom stereocenters. The smallest absolute Gasteiger partial charge is 0.252 e. The predicted octanol–water partition coefficient (Wildman–Crippen LogP) is 4.29. The summed E-state index contributed by atoms with van der Waals surface area (Å²) >= 11 is 1.21. The van der Waals surface area contributed by atoms with Gasteiger partial charge in [0.2, 0.25) is 5.91 Å². The molecule has 0 saturated carbocycles. The Labute approximate surface area is 162 Å². The monoisotopic (exact) mass is 379 g/mol. The van der Waals surface area contributed by atoms with E-state index in [1.54, 1.807) is 0 Å². The lowest BCUT2D eigenvalue weighted by Gasteiger charge is -2.13. The second-order valence-electron chi connectivity index (χ2n) is 6.38. The van der Waals surface area contributed by atoms with E-state index in [0.29, 0.717) is 16.8 Å². The highest BCUT2D eigenvalue weighted by Crippen LogP contribution is 2.24. The molecule has 0 spiro atoms. The van der Waals surface area contributed by atoms with Crippen LogP contribution in [0.3, 0.4) is 0 Å². The van der Waals surface area contributed by atoms with Gasteiger partial charge in [0.15, 0.2) is 5.16 Å². The molecular formula is C21H21N3O2S. The zero-order valence-corrected chi connectivity index (χ0v) is 16.0. The second kappa shape index (κ2) is 8.68. The number of rotatable bonds is 6. The van der Waals surface area contributed by atoms with Gasteiger partial charge in [0.25, 0.3) is 5.56 Å². The highest BCUT2D eigenvalue weighted by molar-refractivity contribution is 7.99. The summed E-state index contributed by atoms with van der Waals surface area (Å²) in [4.78, 5) is 31.4. The van der Waals surface area contributed by atoms with Crippen LogP contribution in [0.5, 0.6) is 0 Å². The Morgan fingerprint density at radius 3 is 2.56 bits per heavy atom. The Kier molecular flexibility index (Phi) is 6.08. The summed E-state index contributed by atoms with van der Waals surface area (Å²) in [6, 6.07) is 18.7. The molecule has 0 fully saturated rings. The third kappa shape index (κ3) is 5.08. The van der Waals surface area contributed by atoms with Crippen LogP contribution in [0.4, 0.5) is 5.69 Å². The molecule has 0 radical (unpaired) electrons. The maximum Gasteiger partial charge on any atom is 0.252 e. The first-order chi connectivity index (χ1) is 13.0. The molecule has 2 N–H and O–H groups in total. The van der Waals surface area contributed by atoms with Crippen molar-refractivity contribution in [3.8, 4) is 11.3 Å². The molecule has 0 aliphatic heterocycles. The number of anilines is 1. The normalized spacial score (nSPS) is 10.8. The fourth-order valence-electron chi connectivity index (χ4n) is 2.69. The molecule has 3 aromatic rings. The highest BCUT2D eigenvalue weighted by Gasteiger charge is 2.11. The van der Waals surface area contributed by atoms with Crippen LogP contribution >= 0.6 is 11.8 Å². The highest BCUT2D eigenvalue weighted by atomic mass is 32.2. The van der Waals surface area contributed by atoms with Crippen molar-refractivity contribution < 1.29 is 4.79 Å². The van der Waals surface area contributed by atoms with Crippen LogP contribution < -0.4 is 10.9 Å². The summed E-state index contributed by atoms with van der Waals surface area (Å²) in [5.74, 6) is 0.337. The van der Waals surface area contributed by atoms with Crippen LogP contribution in [-0.4, -0.2) is 21.6 Å². The van der Waals surface area contributed by atoms with Gasteiger partial charge >= 0.3 is 0 Å². The van der Waals surface area contributed by atoms with E-state index in [0.717, 1.165) is 16.8 Å². The maximum atomic E-state index is 12.3. The van der Waals surface area contributed by atoms with E-state index in [9.17, 15) is 9.59 Å². The first kappa shape index (κ1) is 18.9. The second-order valence-corrected chi connectivity index (χ2v) is 7.34. The molecular weight excluding hydrogens is 358 g/mol. The summed E-state index contributed by atoms with van der Waals surface area (Å²) in [7, 11) is 0. The van der Waals surface area contributed by atoms with Crippen molar-refractivity contribution in [1.29, 1.82) is 0 Å². The van der Waals surface area contributed by atoms with Gasteiger partial charge in [0.05, 0.1) is 11.4 Å². The Morgan fingerprint density at radius 1 is 1.11 bits per heavy atom. The summed E-state index contributed by atoms with van der Waals surface area (Å²) in [6.07, 6.45) is 0. The molecule has 5 nitrogen and oxygen atoms in total. The minimum atomic E-state index is -0.239. The first-order valence-corrected chi connectivity index (χ1v) is 9.70. The number of carbonyl (C=O) groups is 1. The van der Waals surface area contributed by atoms with Gasteiger partial charge in [-0.15, -0.1) is 0 Å². The number of hydrogen-bond acceptors (Lipinski definition) is 4. The van der Waals surface area contributed by atoms with Crippen LogP contribution in [0.15, 0.2) is 70.6 Å². The van der Waals surface area contributed by atoms with Gasteiger partial charge in [-0.25, -0.2) is 4.98 Å². The molecule has 0 aliphatic carbocycles. The van der Waals surface area contributed by atoms with Gasteiger partial charge in [-0.3, -0.25) is 9.59 Å². The molecule has 3 rings (SSSR count). The molecule has 1 aromatic heterocycles. The van der Waals surface area contributed by atoms with Crippen molar-refractivity contribution >= 4 is 23.4 Å². The van der Waals surface area contributed by atoms with Crippen molar-refractivity contribution in [2.75, 3.05) is 11.1 Å². The SMILES string of the molecule is CC(C)c1ccccc1NC(=O)CSc1nc(-c2ccccc2)cc(=O)[nH]1. The van der Waals surface area contributed by atoms with E-state index >= 15 is 0 Å². The average molecular weight is 379 g/mol. The summed E-state index contributed by atoms with van der Waals surface area (Å²) < 4.78 is 0. The minimum Gasteiger partial charge on any atom is -0.325 e. The van der Waals surface area contributed by atoms with Crippen LogP contribution in [0.2, 0.25) is 0 Å². The molecule has 1 amide bonds. The number of para-hydroxylation sites is 1. The number of nitrogens with zero attached hydrogens (tertiary/aromatic N) is 1. The van der Waals surface area contributed by atoms with Crippen LogP contribution in [0.1, 0.15) is 25.3 Å². The Hall–Kier alpha value is -2.86. The molecule has 6 heteroatoms. The number of aromatic nitrogens is 2. The van der Waals surface area contributed by atoms with Crippen LogP contribution in [-0.2, 0) is 4.79 Å². The number of aromatic amines is 1. The quantitative estimate of drug-likeness (QED) is 0.495. The molecule has 0 aliphatic rings. The molecule has 27 heavy (non-hydrogen) atoms. The number of hydrogen-bond donors (Lipinski definition) is 2. The summed E-state index contributed by atoms with van der Waals surface area (Å²) in [5.41, 5.74) is 3.12. The zero-order chi connectivity index (χ0) is 19.2. The molecule has 138 valence electrons. The topological polar surface area (TPSA) is 74.8 Å².